The number of nitrogens with zero attached hydrogens (tertiary/aromatic N) is 2. The third kappa shape index (κ3) is 3.97. The third-order valence-corrected chi connectivity index (χ3v) is 3.32. The summed E-state index contributed by atoms with van der Waals surface area (Å²) in [6, 6.07) is 0.263. The Morgan fingerprint density at radius 2 is 2.47 bits per heavy atom. The summed E-state index contributed by atoms with van der Waals surface area (Å²) in [5.41, 5.74) is 0. The molecule has 0 aliphatic heterocycles. The van der Waals surface area contributed by atoms with Gasteiger partial charge in [0.1, 0.15) is 5.01 Å². The molecule has 0 fully saturated rings. The van der Waals surface area contributed by atoms with Crippen molar-refractivity contribution in [2.75, 3.05) is 13.6 Å². The van der Waals surface area contributed by atoms with Crippen LogP contribution in [0.2, 0.25) is 0 Å². The Labute approximate surface area is 93.6 Å². The van der Waals surface area contributed by atoms with Gasteiger partial charge in [0.05, 0.1) is 6.04 Å². The third-order valence-electron chi connectivity index (χ3n) is 2.37. The van der Waals surface area contributed by atoms with Crippen LogP contribution in [-0.2, 0) is 4.79 Å². The Morgan fingerprint density at radius 1 is 1.73 bits per heavy atom. The van der Waals surface area contributed by atoms with Crippen molar-refractivity contribution in [1.29, 1.82) is 0 Å². The molecule has 1 N–H and O–H groups in total. The van der Waals surface area contributed by atoms with Crippen LogP contribution in [0.4, 0.5) is 0 Å². The summed E-state index contributed by atoms with van der Waals surface area (Å²) in [4.78, 5) is 16.7. The number of aliphatic carboxylic acids is 1. The van der Waals surface area contributed by atoms with Gasteiger partial charge >= 0.3 is 5.97 Å². The van der Waals surface area contributed by atoms with Crippen LogP contribution in [0.1, 0.15) is 30.8 Å². The molecule has 1 aromatic rings. The standard InChI is InChI=1S/C10H16N2O2S/c1-8(10-11-5-7-15-10)12(2)6-3-4-9(13)14/h5,7-8H,3-4,6H2,1-2H3,(H,13,14). The molecule has 1 unspecified atom stereocenters. The smallest absolute Gasteiger partial charge is 0.303 e. The van der Waals surface area contributed by atoms with Gasteiger partial charge in [-0.3, -0.25) is 9.69 Å². The molecule has 0 aliphatic rings. The van der Waals surface area contributed by atoms with E-state index in [1.165, 1.54) is 0 Å². The summed E-state index contributed by atoms with van der Waals surface area (Å²) >= 11 is 1.63. The van der Waals surface area contributed by atoms with Gasteiger partial charge in [-0.05, 0) is 26.9 Å². The second-order valence-electron chi connectivity index (χ2n) is 3.52. The molecule has 84 valence electrons. The SMILES string of the molecule is CC(c1nccs1)N(C)CCCC(=O)O. The van der Waals surface area contributed by atoms with Gasteiger partial charge in [-0.25, -0.2) is 4.98 Å². The summed E-state index contributed by atoms with van der Waals surface area (Å²) in [6.45, 7) is 2.87. The zero-order chi connectivity index (χ0) is 11.3. The van der Waals surface area contributed by atoms with E-state index in [2.05, 4.69) is 16.8 Å². The number of carbonyl (C=O) groups is 1. The van der Waals surface area contributed by atoms with Crippen molar-refractivity contribution in [2.24, 2.45) is 0 Å². The van der Waals surface area contributed by atoms with Crippen LogP contribution in [0.25, 0.3) is 0 Å². The van der Waals surface area contributed by atoms with Gasteiger partial charge in [-0.15, -0.1) is 11.3 Å². The zero-order valence-electron chi connectivity index (χ0n) is 9.01. The van der Waals surface area contributed by atoms with Crippen molar-refractivity contribution in [2.45, 2.75) is 25.8 Å². The van der Waals surface area contributed by atoms with E-state index in [4.69, 9.17) is 5.11 Å². The lowest BCUT2D eigenvalue weighted by Gasteiger charge is -2.22. The Balaban J connectivity index is 2.33. The molecule has 0 spiro atoms. The molecule has 5 heteroatoms. The minimum Gasteiger partial charge on any atom is -0.481 e. The minimum absolute atomic E-state index is 0.231. The van der Waals surface area contributed by atoms with Crippen molar-refractivity contribution in [3.8, 4) is 0 Å². The zero-order valence-corrected chi connectivity index (χ0v) is 9.83. The molecule has 1 heterocycles. The lowest BCUT2D eigenvalue weighted by atomic mass is 10.2. The molecule has 1 atom stereocenters. The summed E-state index contributed by atoms with van der Waals surface area (Å²) in [7, 11) is 1.99. The number of thiazole rings is 1. The van der Waals surface area contributed by atoms with Crippen LogP contribution in [0.15, 0.2) is 11.6 Å². The Hall–Kier alpha value is -0.940. The van der Waals surface area contributed by atoms with E-state index in [1.54, 1.807) is 17.5 Å². The highest BCUT2D eigenvalue weighted by atomic mass is 32.1. The summed E-state index contributed by atoms with van der Waals surface area (Å²) in [6.07, 6.45) is 2.71. The Kier molecular flexibility index (Phi) is 4.71. The van der Waals surface area contributed by atoms with Crippen molar-refractivity contribution >= 4 is 17.3 Å². The van der Waals surface area contributed by atoms with Gasteiger partial charge in [0.2, 0.25) is 0 Å². The molecule has 0 aromatic carbocycles. The maximum atomic E-state index is 10.4. The van der Waals surface area contributed by atoms with E-state index in [1.807, 2.05) is 12.4 Å². The lowest BCUT2D eigenvalue weighted by Crippen LogP contribution is -2.23. The lowest BCUT2D eigenvalue weighted by molar-refractivity contribution is -0.137. The molecule has 1 aromatic heterocycles. The Morgan fingerprint density at radius 3 is 3.00 bits per heavy atom. The first kappa shape index (κ1) is 12.1. The van der Waals surface area contributed by atoms with Gasteiger partial charge in [0.15, 0.2) is 0 Å². The highest BCUT2D eigenvalue weighted by molar-refractivity contribution is 7.09. The number of aromatic nitrogens is 1. The molecule has 0 aliphatic carbocycles. The highest BCUT2D eigenvalue weighted by Crippen LogP contribution is 2.20. The second kappa shape index (κ2) is 5.82. The first-order valence-corrected chi connectivity index (χ1v) is 5.80. The van der Waals surface area contributed by atoms with Crippen LogP contribution in [0, 0.1) is 0 Å². The number of hydrogen-bond acceptors (Lipinski definition) is 4. The van der Waals surface area contributed by atoms with E-state index in [-0.39, 0.29) is 12.5 Å². The normalized spacial score (nSPS) is 13.0. The van der Waals surface area contributed by atoms with E-state index >= 15 is 0 Å². The van der Waals surface area contributed by atoms with Gasteiger partial charge in [0.25, 0.3) is 0 Å². The Bertz CT molecular complexity index is 300. The molecule has 0 radical (unpaired) electrons. The van der Waals surface area contributed by atoms with Crippen LogP contribution < -0.4 is 0 Å². The minimum atomic E-state index is -0.731. The van der Waals surface area contributed by atoms with Crippen molar-refractivity contribution < 1.29 is 9.90 Å². The van der Waals surface area contributed by atoms with Gasteiger partial charge in [-0.2, -0.15) is 0 Å². The van der Waals surface area contributed by atoms with E-state index in [0.717, 1.165) is 11.6 Å². The summed E-state index contributed by atoms with van der Waals surface area (Å²) in [5.74, 6) is -0.731. The fourth-order valence-corrected chi connectivity index (χ4v) is 2.06. The van der Waals surface area contributed by atoms with Crippen molar-refractivity contribution in [3.63, 3.8) is 0 Å². The topological polar surface area (TPSA) is 53.4 Å². The first-order valence-electron chi connectivity index (χ1n) is 4.92. The number of rotatable bonds is 6. The molecule has 15 heavy (non-hydrogen) atoms. The predicted molar refractivity (Wildman–Crippen MR) is 60.0 cm³/mol. The molecule has 0 saturated heterocycles. The predicted octanol–water partition coefficient (Wildman–Crippen LogP) is 2.00. The van der Waals surface area contributed by atoms with Gasteiger partial charge < -0.3 is 5.11 Å². The van der Waals surface area contributed by atoms with Crippen LogP contribution >= 0.6 is 11.3 Å². The van der Waals surface area contributed by atoms with Crippen molar-refractivity contribution in [3.05, 3.63) is 16.6 Å². The van der Waals surface area contributed by atoms with E-state index in [9.17, 15) is 4.79 Å². The summed E-state index contributed by atoms with van der Waals surface area (Å²) < 4.78 is 0. The van der Waals surface area contributed by atoms with Crippen molar-refractivity contribution in [1.82, 2.24) is 9.88 Å². The largest absolute Gasteiger partial charge is 0.481 e. The van der Waals surface area contributed by atoms with Gasteiger partial charge in [0, 0.05) is 18.0 Å². The number of hydrogen-bond donors (Lipinski definition) is 1. The average molecular weight is 228 g/mol. The maximum Gasteiger partial charge on any atom is 0.303 e. The molecular weight excluding hydrogens is 212 g/mol. The molecular formula is C10H16N2O2S. The summed E-state index contributed by atoms with van der Waals surface area (Å²) in [5, 5.41) is 11.6. The monoisotopic (exact) mass is 228 g/mol. The molecule has 4 nitrogen and oxygen atoms in total. The first-order chi connectivity index (χ1) is 7.11. The van der Waals surface area contributed by atoms with Crippen LogP contribution in [0.5, 0.6) is 0 Å². The molecule has 0 amide bonds. The molecule has 0 saturated carbocycles. The van der Waals surface area contributed by atoms with E-state index < -0.39 is 5.97 Å². The highest BCUT2D eigenvalue weighted by Gasteiger charge is 2.13. The fourth-order valence-electron chi connectivity index (χ4n) is 1.30. The number of carboxylic acid groups (broad SMARTS) is 1. The quantitative estimate of drug-likeness (QED) is 0.809. The van der Waals surface area contributed by atoms with E-state index in [0.29, 0.717) is 6.42 Å². The molecule has 1 rings (SSSR count). The molecule has 0 bridgehead atoms. The number of carboxylic acids is 1. The van der Waals surface area contributed by atoms with Gasteiger partial charge in [-0.1, -0.05) is 0 Å². The fraction of sp³-hybridized carbons (Fsp3) is 0.600. The maximum absolute atomic E-state index is 10.4. The second-order valence-corrected chi connectivity index (χ2v) is 4.45. The average Bonchev–Trinajstić information content (AvgIpc) is 2.68. The van der Waals surface area contributed by atoms with Crippen LogP contribution in [0.3, 0.4) is 0 Å². The van der Waals surface area contributed by atoms with Crippen LogP contribution in [-0.4, -0.2) is 34.6 Å².